The fourth-order valence-corrected chi connectivity index (χ4v) is 4.63. The van der Waals surface area contributed by atoms with Crippen molar-refractivity contribution < 1.29 is 17.9 Å². The Morgan fingerprint density at radius 1 is 1.19 bits per heavy atom. The number of nitrogens with one attached hydrogen (secondary N) is 1. The van der Waals surface area contributed by atoms with E-state index in [1.165, 1.54) is 15.6 Å². The predicted octanol–water partition coefficient (Wildman–Crippen LogP) is 2.67. The number of hydrogen-bond acceptors (Lipinski definition) is 6. The number of nitrogens with zero attached hydrogens (tertiary/aromatic N) is 2. The highest BCUT2D eigenvalue weighted by atomic mass is 32.2. The van der Waals surface area contributed by atoms with Gasteiger partial charge in [-0.25, -0.2) is 13.4 Å². The number of benzene rings is 2. The number of aromatic nitrogens is 1. The summed E-state index contributed by atoms with van der Waals surface area (Å²) in [4.78, 5) is 16.7. The lowest BCUT2D eigenvalue weighted by Gasteiger charge is -2.28. The minimum Gasteiger partial charge on any atom is -0.362 e. The number of fused-ring (bicyclic) bond motifs is 1. The number of carbonyl (C=O) groups excluding carboxylic acids is 1. The third-order valence-electron chi connectivity index (χ3n) is 4.01. The summed E-state index contributed by atoms with van der Waals surface area (Å²) >= 11 is 1.54. The first kappa shape index (κ1) is 17.0. The maximum absolute atomic E-state index is 12.4. The average molecular weight is 389 g/mol. The average Bonchev–Trinajstić information content (AvgIpc) is 3.09. The van der Waals surface area contributed by atoms with E-state index in [-0.39, 0.29) is 18.4 Å². The highest BCUT2D eigenvalue weighted by Crippen LogP contribution is 2.23. The number of carbonyl (C=O) groups is 1. The van der Waals surface area contributed by atoms with Gasteiger partial charge >= 0.3 is 0 Å². The van der Waals surface area contributed by atoms with Gasteiger partial charge in [0.1, 0.15) is 0 Å². The van der Waals surface area contributed by atoms with Crippen LogP contribution >= 0.6 is 11.3 Å². The van der Waals surface area contributed by atoms with Crippen molar-refractivity contribution in [1.29, 1.82) is 0 Å². The summed E-state index contributed by atoms with van der Waals surface area (Å²) in [7, 11) is -3.47. The Morgan fingerprint density at radius 3 is 2.77 bits per heavy atom. The van der Waals surface area contributed by atoms with E-state index in [0.717, 1.165) is 10.2 Å². The van der Waals surface area contributed by atoms with Gasteiger partial charge in [0.25, 0.3) is 15.9 Å². The van der Waals surface area contributed by atoms with Crippen molar-refractivity contribution >= 4 is 48.9 Å². The topological polar surface area (TPSA) is 88.6 Å². The lowest BCUT2D eigenvalue weighted by molar-refractivity contribution is 0.102. The molecule has 3 aromatic rings. The summed E-state index contributed by atoms with van der Waals surface area (Å²) in [6, 6.07) is 12.0. The molecular weight excluding hydrogens is 374 g/mol. The van der Waals surface area contributed by atoms with Crippen molar-refractivity contribution in [3.05, 3.63) is 53.5 Å². The van der Waals surface area contributed by atoms with Crippen LogP contribution in [-0.2, 0) is 14.8 Å². The highest BCUT2D eigenvalue weighted by molar-refractivity contribution is 7.92. The molecule has 0 bridgehead atoms. The number of rotatable bonds is 3. The van der Waals surface area contributed by atoms with Gasteiger partial charge in [-0.1, -0.05) is 0 Å². The molecule has 1 fully saturated rings. The van der Waals surface area contributed by atoms with Crippen molar-refractivity contribution in [2.45, 2.75) is 0 Å². The number of anilines is 2. The summed E-state index contributed by atoms with van der Waals surface area (Å²) in [5, 5.41) is 2.83. The Bertz CT molecular complexity index is 1060. The second kappa shape index (κ2) is 6.67. The van der Waals surface area contributed by atoms with Gasteiger partial charge in [-0.3, -0.25) is 9.10 Å². The van der Waals surface area contributed by atoms with Gasteiger partial charge in [0, 0.05) is 11.3 Å². The Balaban J connectivity index is 1.51. The Labute approximate surface area is 154 Å². The van der Waals surface area contributed by atoms with E-state index in [2.05, 4.69) is 10.3 Å². The lowest BCUT2D eigenvalue weighted by atomic mass is 10.2. The summed E-state index contributed by atoms with van der Waals surface area (Å²) in [6.07, 6.45) is 0. The molecular formula is C17H15N3O4S2. The number of hydrogen-bond donors (Lipinski definition) is 1. The van der Waals surface area contributed by atoms with E-state index in [0.29, 0.717) is 23.5 Å². The molecule has 1 aromatic heterocycles. The summed E-state index contributed by atoms with van der Waals surface area (Å²) in [5.41, 5.74) is 4.22. The van der Waals surface area contributed by atoms with Crippen molar-refractivity contribution in [3.8, 4) is 0 Å². The molecule has 1 aliphatic rings. The van der Waals surface area contributed by atoms with E-state index < -0.39 is 10.0 Å². The standard InChI is InChI=1S/C17H15N3O4S2/c21-17(19-13-3-6-16-15(9-13)18-10-25-16)12-1-4-14(5-2-12)20-7-8-24-11-26(20,22)23/h1-6,9-10H,7-8,11H2,(H,19,21). The first-order chi connectivity index (χ1) is 12.5. The fraction of sp³-hybridized carbons (Fsp3) is 0.176. The fourth-order valence-electron chi connectivity index (χ4n) is 2.72. The normalized spacial score (nSPS) is 16.5. The maximum atomic E-state index is 12.4. The number of ether oxygens (including phenoxy) is 1. The van der Waals surface area contributed by atoms with Gasteiger partial charge in [-0.2, -0.15) is 0 Å². The van der Waals surface area contributed by atoms with Crippen LogP contribution < -0.4 is 9.62 Å². The summed E-state index contributed by atoms with van der Waals surface area (Å²) in [5.74, 6) is -0.593. The van der Waals surface area contributed by atoms with Gasteiger partial charge in [0.05, 0.1) is 34.6 Å². The minimum atomic E-state index is -3.47. The quantitative estimate of drug-likeness (QED) is 0.744. The smallest absolute Gasteiger partial charge is 0.259 e. The van der Waals surface area contributed by atoms with Gasteiger partial charge in [-0.05, 0) is 42.5 Å². The molecule has 9 heteroatoms. The van der Waals surface area contributed by atoms with Crippen LogP contribution in [0.4, 0.5) is 11.4 Å². The van der Waals surface area contributed by atoms with Crippen molar-refractivity contribution in [2.24, 2.45) is 0 Å². The van der Waals surface area contributed by atoms with Gasteiger partial charge in [0.15, 0.2) is 5.94 Å². The van der Waals surface area contributed by atoms with Crippen LogP contribution in [0.5, 0.6) is 0 Å². The Morgan fingerprint density at radius 2 is 2.00 bits per heavy atom. The molecule has 0 saturated carbocycles. The molecule has 1 saturated heterocycles. The van der Waals surface area contributed by atoms with Gasteiger partial charge in [0.2, 0.25) is 0 Å². The van der Waals surface area contributed by atoms with Crippen LogP contribution in [0.3, 0.4) is 0 Å². The lowest BCUT2D eigenvalue weighted by Crippen LogP contribution is -2.41. The van der Waals surface area contributed by atoms with Crippen LogP contribution in [0.25, 0.3) is 10.2 Å². The predicted molar refractivity (Wildman–Crippen MR) is 101 cm³/mol. The van der Waals surface area contributed by atoms with Crippen LogP contribution in [0.15, 0.2) is 48.0 Å². The molecule has 0 unspecified atom stereocenters. The van der Waals surface area contributed by atoms with E-state index in [9.17, 15) is 13.2 Å². The molecule has 1 N–H and O–H groups in total. The monoisotopic (exact) mass is 389 g/mol. The van der Waals surface area contributed by atoms with Crippen LogP contribution in [0.2, 0.25) is 0 Å². The van der Waals surface area contributed by atoms with Crippen molar-refractivity contribution in [1.82, 2.24) is 4.98 Å². The molecule has 2 heterocycles. The zero-order valence-corrected chi connectivity index (χ0v) is 15.2. The second-order valence-corrected chi connectivity index (χ2v) is 8.47. The molecule has 0 radical (unpaired) electrons. The summed E-state index contributed by atoms with van der Waals surface area (Å²) in [6.45, 7) is 0.613. The molecule has 26 heavy (non-hydrogen) atoms. The summed E-state index contributed by atoms with van der Waals surface area (Å²) < 4.78 is 31.4. The van der Waals surface area contributed by atoms with Crippen molar-refractivity contribution in [3.63, 3.8) is 0 Å². The molecule has 0 spiro atoms. The van der Waals surface area contributed by atoms with Crippen LogP contribution in [-0.4, -0.2) is 38.4 Å². The largest absolute Gasteiger partial charge is 0.362 e. The number of thiazole rings is 1. The minimum absolute atomic E-state index is 0.265. The van der Waals surface area contributed by atoms with E-state index in [1.54, 1.807) is 29.8 Å². The van der Waals surface area contributed by atoms with Crippen molar-refractivity contribution in [2.75, 3.05) is 28.7 Å². The SMILES string of the molecule is O=C(Nc1ccc2scnc2c1)c1ccc(N2CCOCS2(=O)=O)cc1. The molecule has 2 aromatic carbocycles. The maximum Gasteiger partial charge on any atom is 0.259 e. The molecule has 0 aliphatic carbocycles. The first-order valence-electron chi connectivity index (χ1n) is 7.86. The molecule has 1 amide bonds. The third kappa shape index (κ3) is 3.28. The van der Waals surface area contributed by atoms with Crippen LogP contribution in [0, 0.1) is 0 Å². The molecule has 4 rings (SSSR count). The van der Waals surface area contributed by atoms with Gasteiger partial charge < -0.3 is 10.1 Å². The highest BCUT2D eigenvalue weighted by Gasteiger charge is 2.26. The zero-order chi connectivity index (χ0) is 18.1. The van der Waals surface area contributed by atoms with Gasteiger partial charge in [-0.15, -0.1) is 11.3 Å². The number of sulfonamides is 1. The number of amides is 1. The van der Waals surface area contributed by atoms with Crippen LogP contribution in [0.1, 0.15) is 10.4 Å². The second-order valence-electron chi connectivity index (χ2n) is 5.75. The Kier molecular flexibility index (Phi) is 4.35. The molecule has 134 valence electrons. The van der Waals surface area contributed by atoms with E-state index in [4.69, 9.17) is 4.74 Å². The zero-order valence-electron chi connectivity index (χ0n) is 13.6. The van der Waals surface area contributed by atoms with E-state index in [1.807, 2.05) is 18.2 Å². The third-order valence-corrected chi connectivity index (χ3v) is 6.35. The molecule has 7 nitrogen and oxygen atoms in total. The Hall–Kier alpha value is -2.49. The molecule has 0 atom stereocenters. The van der Waals surface area contributed by atoms with E-state index >= 15 is 0 Å². The first-order valence-corrected chi connectivity index (χ1v) is 10.3. The molecule has 1 aliphatic heterocycles.